The summed E-state index contributed by atoms with van der Waals surface area (Å²) < 4.78 is 2.42. The third kappa shape index (κ3) is 7.00. The zero-order valence-corrected chi connectivity index (χ0v) is 36.0. The van der Waals surface area contributed by atoms with Crippen LogP contribution in [0.4, 0.5) is 0 Å². The molecule has 0 N–H and O–H groups in total. The lowest BCUT2D eigenvalue weighted by molar-refractivity contribution is 0.660. The van der Waals surface area contributed by atoms with Gasteiger partial charge in [0.05, 0.1) is 16.7 Å². The van der Waals surface area contributed by atoms with E-state index in [1.165, 1.54) is 49.5 Å². The number of thiol groups is 1. The van der Waals surface area contributed by atoms with Gasteiger partial charge in [0.1, 0.15) is 0 Å². The molecule has 0 spiro atoms. The smallest absolute Gasteiger partial charge is 0.166 e. The van der Waals surface area contributed by atoms with E-state index in [0.29, 0.717) is 17.5 Å². The fourth-order valence-electron chi connectivity index (χ4n) is 8.91. The predicted molar refractivity (Wildman–Crippen MR) is 266 cm³/mol. The molecule has 11 rings (SSSR count). The van der Waals surface area contributed by atoms with E-state index < -0.39 is 0 Å². The molecule has 0 radical (unpaired) electrons. The third-order valence-corrected chi connectivity index (χ3v) is 11.8. The van der Waals surface area contributed by atoms with Gasteiger partial charge >= 0.3 is 0 Å². The van der Waals surface area contributed by atoms with Crippen LogP contribution in [0.15, 0.2) is 207 Å². The highest BCUT2D eigenvalue weighted by Gasteiger charge is 2.35. The van der Waals surface area contributed by atoms with E-state index in [4.69, 9.17) is 15.0 Å². The van der Waals surface area contributed by atoms with Crippen LogP contribution in [0.2, 0.25) is 0 Å². The molecule has 0 fully saturated rings. The minimum atomic E-state index is -0.0352. The van der Waals surface area contributed by atoms with Crippen LogP contribution in [-0.4, -0.2) is 25.8 Å². The van der Waals surface area contributed by atoms with E-state index in [9.17, 15) is 0 Å². The summed E-state index contributed by atoms with van der Waals surface area (Å²) in [5, 5.41) is 4.68. The van der Waals surface area contributed by atoms with Crippen LogP contribution in [0, 0.1) is 0 Å². The molecule has 62 heavy (non-hydrogen) atoms. The molecule has 300 valence electrons. The van der Waals surface area contributed by atoms with Crippen molar-refractivity contribution in [3.8, 4) is 62.1 Å². The second kappa shape index (κ2) is 17.0. The first kappa shape index (κ1) is 40.1. The number of benzene rings is 8. The second-order valence-electron chi connectivity index (χ2n) is 15.7. The number of fused-ring (bicyclic) bond motifs is 7. The Labute approximate surface area is 369 Å². The van der Waals surface area contributed by atoms with Crippen molar-refractivity contribution in [3.05, 3.63) is 218 Å². The van der Waals surface area contributed by atoms with Gasteiger partial charge in [-0.2, -0.15) is 12.6 Å². The Kier molecular flexibility index (Phi) is 11.0. The van der Waals surface area contributed by atoms with Gasteiger partial charge in [-0.3, -0.25) is 0 Å². The van der Waals surface area contributed by atoms with Crippen molar-refractivity contribution in [2.75, 3.05) is 6.26 Å². The Hall–Kier alpha value is -7.34. The molecular formula is C57H46N4S. The van der Waals surface area contributed by atoms with Crippen molar-refractivity contribution in [1.82, 2.24) is 19.5 Å². The average molecular weight is 819 g/mol. The number of hydrogen-bond donors (Lipinski definition) is 1. The van der Waals surface area contributed by atoms with Gasteiger partial charge in [-0.05, 0) is 75.4 Å². The molecule has 1 aliphatic carbocycles. The Morgan fingerprint density at radius 1 is 0.452 bits per heavy atom. The van der Waals surface area contributed by atoms with E-state index in [1.807, 2.05) is 36.4 Å². The Morgan fingerprint density at radius 3 is 1.69 bits per heavy atom. The van der Waals surface area contributed by atoms with Crippen LogP contribution < -0.4 is 0 Å². The third-order valence-electron chi connectivity index (χ3n) is 11.8. The van der Waals surface area contributed by atoms with Crippen molar-refractivity contribution in [2.45, 2.75) is 19.3 Å². The van der Waals surface area contributed by atoms with Gasteiger partial charge in [-0.15, -0.1) is 0 Å². The minimum absolute atomic E-state index is 0.0352. The minimum Gasteiger partial charge on any atom is -0.308 e. The molecule has 0 amide bonds. The predicted octanol–water partition coefficient (Wildman–Crippen LogP) is 15.0. The fourth-order valence-corrected chi connectivity index (χ4v) is 8.91. The molecule has 0 bridgehead atoms. The molecule has 1 aliphatic rings. The number of allylic oxidation sites excluding steroid dienone is 2. The summed E-state index contributed by atoms with van der Waals surface area (Å²) in [6, 6.07) is 64.9. The average Bonchev–Trinajstić information content (AvgIpc) is 3.80. The standard InChI is InChI=1S/C52H36N4.C4H6.CH4S/c1-52(2)44-25-12-11-22-39(44)42-31-36(27-29-45(42)52)37-28-30-47-43(32-37)40-23-14-24-41(48(40)56(47)46-26-13-20-33-15-9-10-21-38(33)46)51-54-49(34-16-5-3-6-17-34)53-50(55-51)35-18-7-4-8-19-35;1-3-4-2;1-2/h3-32H,1-2H3;3-4H,1-2H2;2H,1H3. The maximum Gasteiger partial charge on any atom is 0.166 e. The van der Waals surface area contributed by atoms with E-state index in [2.05, 4.69) is 190 Å². The maximum atomic E-state index is 5.21. The van der Waals surface area contributed by atoms with Gasteiger partial charge in [-0.25, -0.2) is 15.0 Å². The van der Waals surface area contributed by atoms with Gasteiger partial charge in [0.25, 0.3) is 0 Å². The monoisotopic (exact) mass is 818 g/mol. The second-order valence-corrected chi connectivity index (χ2v) is 15.7. The molecule has 10 aromatic rings. The van der Waals surface area contributed by atoms with Gasteiger partial charge in [0.15, 0.2) is 17.5 Å². The number of nitrogens with zero attached hydrogens (tertiary/aromatic N) is 4. The lowest BCUT2D eigenvalue weighted by atomic mass is 9.82. The van der Waals surface area contributed by atoms with Crippen LogP contribution in [0.1, 0.15) is 25.0 Å². The zero-order valence-electron chi connectivity index (χ0n) is 35.1. The molecular weight excluding hydrogens is 773 g/mol. The summed E-state index contributed by atoms with van der Waals surface area (Å²) in [6.07, 6.45) is 4.97. The van der Waals surface area contributed by atoms with Crippen molar-refractivity contribution >= 4 is 45.2 Å². The van der Waals surface area contributed by atoms with E-state index in [-0.39, 0.29) is 5.41 Å². The lowest BCUT2D eigenvalue weighted by Crippen LogP contribution is -2.14. The van der Waals surface area contributed by atoms with Crippen LogP contribution in [0.3, 0.4) is 0 Å². The summed E-state index contributed by atoms with van der Waals surface area (Å²) >= 11 is 3.53. The summed E-state index contributed by atoms with van der Waals surface area (Å²) in [6.45, 7) is 11.4. The Morgan fingerprint density at radius 2 is 0.984 bits per heavy atom. The molecule has 8 aromatic carbocycles. The first-order valence-corrected chi connectivity index (χ1v) is 21.7. The summed E-state index contributed by atoms with van der Waals surface area (Å²) in [5.74, 6) is 1.92. The molecule has 0 aliphatic heterocycles. The maximum absolute atomic E-state index is 5.21. The first-order chi connectivity index (χ1) is 30.4. The van der Waals surface area contributed by atoms with E-state index >= 15 is 0 Å². The molecule has 5 heteroatoms. The van der Waals surface area contributed by atoms with Gasteiger partial charge < -0.3 is 4.57 Å². The SMILES string of the molecule is C=CC=C.CC1(C)c2ccccc2-c2cc(-c3ccc4c(c3)c3cccc(-c5nc(-c6ccccc6)nc(-c6ccccc6)n5)c3n4-c3cccc4ccccc34)ccc21.CS. The molecule has 0 saturated carbocycles. The quantitative estimate of drug-likeness (QED) is 0.134. The van der Waals surface area contributed by atoms with Crippen molar-refractivity contribution in [1.29, 1.82) is 0 Å². The van der Waals surface area contributed by atoms with Crippen LogP contribution in [0.5, 0.6) is 0 Å². The van der Waals surface area contributed by atoms with Crippen LogP contribution >= 0.6 is 12.6 Å². The largest absolute Gasteiger partial charge is 0.308 e. The van der Waals surface area contributed by atoms with Gasteiger partial charge in [0.2, 0.25) is 0 Å². The normalized spacial score (nSPS) is 12.1. The molecule has 0 atom stereocenters. The van der Waals surface area contributed by atoms with Crippen LogP contribution in [0.25, 0.3) is 94.7 Å². The molecule has 2 aromatic heterocycles. The highest BCUT2D eigenvalue weighted by molar-refractivity contribution is 7.79. The number of hydrogen-bond acceptors (Lipinski definition) is 4. The Bertz CT molecular complexity index is 3200. The first-order valence-electron chi connectivity index (χ1n) is 20.8. The van der Waals surface area contributed by atoms with Gasteiger partial charge in [0, 0.05) is 38.3 Å². The molecule has 0 saturated heterocycles. The zero-order chi connectivity index (χ0) is 42.8. The van der Waals surface area contributed by atoms with E-state index in [0.717, 1.165) is 38.8 Å². The van der Waals surface area contributed by atoms with Gasteiger partial charge in [-0.1, -0.05) is 191 Å². The number of rotatable bonds is 6. The highest BCUT2D eigenvalue weighted by atomic mass is 32.1. The topological polar surface area (TPSA) is 43.6 Å². The highest BCUT2D eigenvalue weighted by Crippen LogP contribution is 2.50. The lowest BCUT2D eigenvalue weighted by Gasteiger charge is -2.21. The number of para-hydroxylation sites is 1. The molecule has 2 heterocycles. The fraction of sp³-hybridized carbons (Fsp3) is 0.0702. The van der Waals surface area contributed by atoms with Crippen LogP contribution in [-0.2, 0) is 5.41 Å². The summed E-state index contributed by atoms with van der Waals surface area (Å²) in [5.41, 5.74) is 13.9. The van der Waals surface area contributed by atoms with Crippen molar-refractivity contribution in [3.63, 3.8) is 0 Å². The molecule has 4 nitrogen and oxygen atoms in total. The summed E-state index contributed by atoms with van der Waals surface area (Å²) in [7, 11) is 0. The number of aromatic nitrogens is 4. The summed E-state index contributed by atoms with van der Waals surface area (Å²) in [4.78, 5) is 15.4. The Balaban J connectivity index is 0.000000775. The van der Waals surface area contributed by atoms with E-state index in [1.54, 1.807) is 18.4 Å². The van der Waals surface area contributed by atoms with Crippen molar-refractivity contribution < 1.29 is 0 Å². The van der Waals surface area contributed by atoms with Crippen molar-refractivity contribution in [2.24, 2.45) is 0 Å². The molecule has 0 unspecified atom stereocenters.